The van der Waals surface area contributed by atoms with E-state index in [4.69, 9.17) is 16.0 Å². The van der Waals surface area contributed by atoms with E-state index in [0.717, 1.165) is 19.6 Å². The highest BCUT2D eigenvalue weighted by Crippen LogP contribution is 2.19. The number of carbonyl (C=O) groups is 1. The molecule has 4 rings (SSSR count). The fraction of sp³-hybridized carbons (Fsp3) is 0.261. The van der Waals surface area contributed by atoms with E-state index in [1.165, 1.54) is 5.56 Å². The highest BCUT2D eigenvalue weighted by Gasteiger charge is 2.24. The van der Waals surface area contributed by atoms with Crippen molar-refractivity contribution in [1.82, 2.24) is 9.80 Å². The van der Waals surface area contributed by atoms with E-state index in [0.29, 0.717) is 34.5 Å². The molecule has 0 N–H and O–H groups in total. The Kier molecular flexibility index (Phi) is 6.67. The number of hydrogen-bond donors (Lipinski definition) is 0. The standard InChI is InChI=1S/C23H23ClN2O3S/c24-19-6-9-21(10-7-19)30(28)17-20-8-11-22(29-20)23(27)26-14-12-25(13-15-26)16-18-4-2-1-3-5-18/h1-11H,12-17H2/t30-/m0/s1. The molecule has 7 heteroatoms. The van der Waals surface area contributed by atoms with Gasteiger partial charge < -0.3 is 9.32 Å². The zero-order valence-electron chi connectivity index (χ0n) is 16.5. The van der Waals surface area contributed by atoms with E-state index in [9.17, 15) is 9.00 Å². The first-order valence-electron chi connectivity index (χ1n) is 9.87. The Hall–Kier alpha value is -2.41. The first-order valence-corrected chi connectivity index (χ1v) is 11.6. The highest BCUT2D eigenvalue weighted by atomic mass is 35.5. The fourth-order valence-corrected chi connectivity index (χ4v) is 4.62. The maximum atomic E-state index is 12.8. The Morgan fingerprint density at radius 3 is 2.33 bits per heavy atom. The summed E-state index contributed by atoms with van der Waals surface area (Å²) in [6.07, 6.45) is 0. The van der Waals surface area contributed by atoms with Gasteiger partial charge in [-0.15, -0.1) is 0 Å². The Labute approximate surface area is 183 Å². The van der Waals surface area contributed by atoms with Gasteiger partial charge in [0.1, 0.15) is 5.76 Å². The number of halogens is 1. The van der Waals surface area contributed by atoms with Gasteiger partial charge in [-0.2, -0.15) is 0 Å². The Bertz CT molecular complexity index is 1010. The summed E-state index contributed by atoms with van der Waals surface area (Å²) in [5.74, 6) is 0.946. The topological polar surface area (TPSA) is 53.8 Å². The summed E-state index contributed by atoms with van der Waals surface area (Å²) < 4.78 is 18.2. The maximum absolute atomic E-state index is 12.8. The van der Waals surface area contributed by atoms with E-state index >= 15 is 0 Å². The molecular weight excluding hydrogens is 420 g/mol. The van der Waals surface area contributed by atoms with Gasteiger partial charge in [-0.3, -0.25) is 13.9 Å². The van der Waals surface area contributed by atoms with Crippen LogP contribution in [0, 0.1) is 0 Å². The van der Waals surface area contributed by atoms with Crippen LogP contribution in [0.15, 0.2) is 76.0 Å². The summed E-state index contributed by atoms with van der Waals surface area (Å²) >= 11 is 5.88. The van der Waals surface area contributed by atoms with Gasteiger partial charge in [0.2, 0.25) is 0 Å². The predicted molar refractivity (Wildman–Crippen MR) is 118 cm³/mol. The molecule has 0 unspecified atom stereocenters. The summed E-state index contributed by atoms with van der Waals surface area (Å²) in [6, 6.07) is 20.7. The zero-order valence-corrected chi connectivity index (χ0v) is 18.1. The second-order valence-corrected chi connectivity index (χ2v) is 9.15. The van der Waals surface area contributed by atoms with Crippen LogP contribution in [0.25, 0.3) is 0 Å². The molecule has 5 nitrogen and oxygen atoms in total. The lowest BCUT2D eigenvalue weighted by molar-refractivity contribution is 0.0596. The molecule has 2 aromatic carbocycles. The first-order chi connectivity index (χ1) is 14.6. The first kappa shape index (κ1) is 20.8. The van der Waals surface area contributed by atoms with Crippen LogP contribution in [-0.4, -0.2) is 46.1 Å². The van der Waals surface area contributed by atoms with E-state index in [1.807, 2.05) is 23.1 Å². The SMILES string of the molecule is O=C(c1ccc(C[S@](=O)c2ccc(Cl)cc2)o1)N1CCN(Cc2ccccc2)CC1. The molecule has 0 radical (unpaired) electrons. The summed E-state index contributed by atoms with van der Waals surface area (Å²) in [5.41, 5.74) is 1.28. The van der Waals surface area contributed by atoms with Crippen LogP contribution in [0.1, 0.15) is 21.9 Å². The lowest BCUT2D eigenvalue weighted by Gasteiger charge is -2.34. The number of hydrogen-bond acceptors (Lipinski definition) is 4. The molecule has 1 amide bonds. The van der Waals surface area contributed by atoms with E-state index < -0.39 is 10.8 Å². The molecule has 0 aliphatic carbocycles. The lowest BCUT2D eigenvalue weighted by Crippen LogP contribution is -2.48. The minimum atomic E-state index is -1.26. The molecular formula is C23H23ClN2O3S. The number of nitrogens with zero attached hydrogens (tertiary/aromatic N) is 2. The second kappa shape index (κ2) is 9.60. The lowest BCUT2D eigenvalue weighted by atomic mass is 10.2. The van der Waals surface area contributed by atoms with Crippen LogP contribution in [0.4, 0.5) is 0 Å². The number of piperazine rings is 1. The van der Waals surface area contributed by atoms with Gasteiger partial charge in [-0.25, -0.2) is 0 Å². The molecule has 1 saturated heterocycles. The predicted octanol–water partition coefficient (Wildman–Crippen LogP) is 4.20. The summed E-state index contributed by atoms with van der Waals surface area (Å²) in [6.45, 7) is 3.88. The van der Waals surface area contributed by atoms with Crippen molar-refractivity contribution in [3.05, 3.63) is 88.8 Å². The molecule has 0 saturated carbocycles. The van der Waals surface area contributed by atoms with Crippen LogP contribution >= 0.6 is 11.6 Å². The Balaban J connectivity index is 1.31. The Morgan fingerprint density at radius 1 is 0.933 bits per heavy atom. The average Bonchev–Trinajstić information content (AvgIpc) is 3.23. The van der Waals surface area contributed by atoms with Gasteiger partial charge in [0.05, 0.1) is 16.6 Å². The van der Waals surface area contributed by atoms with Crippen molar-refractivity contribution in [3.8, 4) is 0 Å². The highest BCUT2D eigenvalue weighted by molar-refractivity contribution is 7.84. The average molecular weight is 443 g/mol. The van der Waals surface area contributed by atoms with Crippen LogP contribution in [0.2, 0.25) is 5.02 Å². The van der Waals surface area contributed by atoms with Crippen LogP contribution < -0.4 is 0 Å². The molecule has 2 heterocycles. The minimum Gasteiger partial charge on any atom is -0.455 e. The molecule has 156 valence electrons. The summed E-state index contributed by atoms with van der Waals surface area (Å²) in [4.78, 5) is 17.6. The van der Waals surface area contributed by atoms with Gasteiger partial charge in [0.15, 0.2) is 5.76 Å². The smallest absolute Gasteiger partial charge is 0.289 e. The normalized spacial score (nSPS) is 15.8. The van der Waals surface area contributed by atoms with Crippen LogP contribution in [-0.2, 0) is 23.1 Å². The fourth-order valence-electron chi connectivity index (χ4n) is 3.48. The van der Waals surface area contributed by atoms with E-state index in [2.05, 4.69) is 17.0 Å². The van der Waals surface area contributed by atoms with Crippen LogP contribution in [0.5, 0.6) is 0 Å². The van der Waals surface area contributed by atoms with E-state index in [-0.39, 0.29) is 11.7 Å². The number of amides is 1. The van der Waals surface area contributed by atoms with Crippen molar-refractivity contribution in [1.29, 1.82) is 0 Å². The Morgan fingerprint density at radius 2 is 1.63 bits per heavy atom. The molecule has 0 spiro atoms. The van der Waals surface area contributed by atoms with Crippen molar-refractivity contribution in [2.24, 2.45) is 0 Å². The molecule has 1 aliphatic rings. The minimum absolute atomic E-state index is 0.113. The van der Waals surface area contributed by atoms with Gasteiger partial charge >= 0.3 is 0 Å². The number of furan rings is 1. The number of rotatable bonds is 6. The largest absolute Gasteiger partial charge is 0.455 e. The molecule has 1 fully saturated rings. The molecule has 0 bridgehead atoms. The van der Waals surface area contributed by atoms with Gasteiger partial charge in [0.25, 0.3) is 5.91 Å². The van der Waals surface area contributed by atoms with E-state index in [1.54, 1.807) is 36.4 Å². The second-order valence-electron chi connectivity index (χ2n) is 7.26. The molecule has 1 aromatic heterocycles. The van der Waals surface area contributed by atoms with Crippen molar-refractivity contribution in [2.75, 3.05) is 26.2 Å². The van der Waals surface area contributed by atoms with Crippen LogP contribution in [0.3, 0.4) is 0 Å². The third-order valence-electron chi connectivity index (χ3n) is 5.13. The molecule has 30 heavy (non-hydrogen) atoms. The van der Waals surface area contributed by atoms with Gasteiger partial charge in [-0.1, -0.05) is 41.9 Å². The third-order valence-corrected chi connectivity index (χ3v) is 6.73. The molecule has 1 aliphatic heterocycles. The van der Waals surface area contributed by atoms with Crippen molar-refractivity contribution in [2.45, 2.75) is 17.2 Å². The van der Waals surface area contributed by atoms with Crippen molar-refractivity contribution >= 4 is 28.3 Å². The quantitative estimate of drug-likeness (QED) is 0.574. The summed E-state index contributed by atoms with van der Waals surface area (Å²) in [5, 5.41) is 0.602. The van der Waals surface area contributed by atoms with Gasteiger partial charge in [0, 0.05) is 42.6 Å². The van der Waals surface area contributed by atoms with Crippen molar-refractivity contribution in [3.63, 3.8) is 0 Å². The number of carbonyl (C=O) groups excluding carboxylic acids is 1. The number of benzene rings is 2. The maximum Gasteiger partial charge on any atom is 0.289 e. The van der Waals surface area contributed by atoms with Gasteiger partial charge in [-0.05, 0) is 42.0 Å². The zero-order chi connectivity index (χ0) is 20.9. The third kappa shape index (κ3) is 5.19. The molecule has 1 atom stereocenters. The molecule has 3 aromatic rings. The summed E-state index contributed by atoms with van der Waals surface area (Å²) in [7, 11) is -1.26. The van der Waals surface area contributed by atoms with Crippen molar-refractivity contribution < 1.29 is 13.4 Å². The monoisotopic (exact) mass is 442 g/mol.